The van der Waals surface area contributed by atoms with Gasteiger partial charge in [0.15, 0.2) is 16.7 Å². The molecule has 1 fully saturated rings. The maximum absolute atomic E-state index is 13.4. The van der Waals surface area contributed by atoms with Crippen LogP contribution in [0.4, 0.5) is 15.8 Å². The van der Waals surface area contributed by atoms with Gasteiger partial charge in [0, 0.05) is 18.7 Å². The number of carbonyl (C=O) groups is 2. The minimum absolute atomic E-state index is 0.0384. The predicted molar refractivity (Wildman–Crippen MR) is 144 cm³/mol. The number of aliphatic imine (C=N–C) groups is 1. The molecular formula is C28H28FN3O4S. The second-order valence-electron chi connectivity index (χ2n) is 8.52. The fraction of sp³-hybridized carbons (Fsp3) is 0.250. The molecule has 9 heteroatoms. The van der Waals surface area contributed by atoms with Gasteiger partial charge in [-0.2, -0.15) is 0 Å². The van der Waals surface area contributed by atoms with E-state index in [1.807, 2.05) is 49.4 Å². The zero-order chi connectivity index (χ0) is 26.4. The average molecular weight is 522 g/mol. The Morgan fingerprint density at radius 3 is 2.54 bits per heavy atom. The summed E-state index contributed by atoms with van der Waals surface area (Å²) in [4.78, 5) is 32.5. The minimum Gasteiger partial charge on any atom is -0.493 e. The van der Waals surface area contributed by atoms with Gasteiger partial charge in [-0.25, -0.2) is 9.38 Å². The topological polar surface area (TPSA) is 80.2 Å². The summed E-state index contributed by atoms with van der Waals surface area (Å²) in [5.41, 5.74) is 3.14. The highest BCUT2D eigenvalue weighted by molar-refractivity contribution is 8.15. The summed E-state index contributed by atoms with van der Waals surface area (Å²) in [5, 5.41) is 2.65. The van der Waals surface area contributed by atoms with Crippen molar-refractivity contribution in [3.63, 3.8) is 0 Å². The van der Waals surface area contributed by atoms with E-state index in [2.05, 4.69) is 10.3 Å². The molecule has 7 nitrogen and oxygen atoms in total. The second kappa shape index (κ2) is 11.9. The molecule has 3 aromatic carbocycles. The lowest BCUT2D eigenvalue weighted by Gasteiger charge is -2.32. The number of anilines is 1. The largest absolute Gasteiger partial charge is 0.493 e. The number of halogens is 1. The standard InChI is InChI=1S/C28H28FN3O4S/c1-18-5-4-6-22(15-18)30-27(34)25-17-26(33)32(28(37-25)31-21-10-8-20(29)9-11-21)14-13-19-7-12-23(35-2)24(16-19)36-3/h4-12,15-16,25H,13-14,17H2,1-3H3,(H,30,34)/t25-/m0/s1. The number of methoxy groups -OCH3 is 2. The summed E-state index contributed by atoms with van der Waals surface area (Å²) in [6.45, 7) is 2.30. The van der Waals surface area contributed by atoms with E-state index in [0.29, 0.717) is 41.0 Å². The zero-order valence-electron chi connectivity index (χ0n) is 20.9. The van der Waals surface area contributed by atoms with Crippen LogP contribution in [0.2, 0.25) is 0 Å². The lowest BCUT2D eigenvalue weighted by molar-refractivity contribution is -0.129. The summed E-state index contributed by atoms with van der Waals surface area (Å²) in [6, 6.07) is 18.8. The molecule has 1 atom stereocenters. The first-order chi connectivity index (χ1) is 17.9. The molecule has 1 aliphatic heterocycles. The van der Waals surface area contributed by atoms with E-state index < -0.39 is 5.25 Å². The Kier molecular flexibility index (Phi) is 8.45. The highest BCUT2D eigenvalue weighted by Gasteiger charge is 2.35. The number of carbonyl (C=O) groups excluding carboxylic acids is 2. The van der Waals surface area contributed by atoms with Gasteiger partial charge in [-0.05, 0) is 73.0 Å². The number of hydrogen-bond donors (Lipinski definition) is 1. The van der Waals surface area contributed by atoms with Gasteiger partial charge in [-0.15, -0.1) is 0 Å². The van der Waals surface area contributed by atoms with Crippen molar-refractivity contribution >= 4 is 40.1 Å². The number of amidine groups is 1. The van der Waals surface area contributed by atoms with E-state index in [0.717, 1.165) is 11.1 Å². The molecule has 0 spiro atoms. The molecule has 192 valence electrons. The summed E-state index contributed by atoms with van der Waals surface area (Å²) in [6.07, 6.45) is 0.575. The lowest BCUT2D eigenvalue weighted by atomic mass is 10.1. The van der Waals surface area contributed by atoms with Crippen molar-refractivity contribution in [1.82, 2.24) is 4.90 Å². The summed E-state index contributed by atoms with van der Waals surface area (Å²) in [7, 11) is 3.15. The van der Waals surface area contributed by atoms with E-state index in [-0.39, 0.29) is 24.1 Å². The Balaban J connectivity index is 1.55. The monoisotopic (exact) mass is 521 g/mol. The van der Waals surface area contributed by atoms with E-state index in [1.165, 1.54) is 36.0 Å². The summed E-state index contributed by atoms with van der Waals surface area (Å²) >= 11 is 1.23. The first kappa shape index (κ1) is 26.2. The number of benzene rings is 3. The van der Waals surface area contributed by atoms with Crippen LogP contribution in [0.15, 0.2) is 71.7 Å². The van der Waals surface area contributed by atoms with Crippen molar-refractivity contribution in [1.29, 1.82) is 0 Å². The fourth-order valence-electron chi connectivity index (χ4n) is 3.91. The molecule has 1 aliphatic rings. The van der Waals surface area contributed by atoms with Gasteiger partial charge in [0.1, 0.15) is 11.1 Å². The molecule has 1 saturated heterocycles. The van der Waals surface area contributed by atoms with Crippen LogP contribution in [0.1, 0.15) is 17.5 Å². The van der Waals surface area contributed by atoms with Crippen LogP contribution in [-0.4, -0.2) is 47.9 Å². The molecule has 1 N–H and O–H groups in total. The first-order valence-corrected chi connectivity index (χ1v) is 12.6. The Bertz CT molecular complexity index is 1310. The van der Waals surface area contributed by atoms with Gasteiger partial charge >= 0.3 is 0 Å². The number of thioether (sulfide) groups is 1. The number of aryl methyl sites for hydroxylation is 1. The van der Waals surface area contributed by atoms with E-state index in [9.17, 15) is 14.0 Å². The van der Waals surface area contributed by atoms with Crippen molar-refractivity contribution in [2.45, 2.75) is 25.0 Å². The van der Waals surface area contributed by atoms with Crippen LogP contribution >= 0.6 is 11.8 Å². The number of nitrogens with zero attached hydrogens (tertiary/aromatic N) is 2. The van der Waals surface area contributed by atoms with Crippen LogP contribution < -0.4 is 14.8 Å². The van der Waals surface area contributed by atoms with Crippen LogP contribution in [0.5, 0.6) is 11.5 Å². The number of nitrogens with one attached hydrogen (secondary N) is 1. The van der Waals surface area contributed by atoms with Crippen molar-refractivity contribution < 1.29 is 23.5 Å². The molecule has 1 heterocycles. The van der Waals surface area contributed by atoms with E-state index >= 15 is 0 Å². The van der Waals surface area contributed by atoms with E-state index in [4.69, 9.17) is 9.47 Å². The molecule has 0 saturated carbocycles. The Hall–Kier alpha value is -3.85. The molecule has 4 rings (SSSR count). The SMILES string of the molecule is COc1ccc(CCN2C(=O)C[C@@H](C(=O)Nc3cccc(C)c3)SC2=Nc2ccc(F)cc2)cc1OC. The average Bonchev–Trinajstić information content (AvgIpc) is 2.89. The number of hydrogen-bond acceptors (Lipinski definition) is 6. The highest BCUT2D eigenvalue weighted by Crippen LogP contribution is 2.31. The molecule has 37 heavy (non-hydrogen) atoms. The molecule has 0 aromatic heterocycles. The molecule has 0 radical (unpaired) electrons. The lowest BCUT2D eigenvalue weighted by Crippen LogP contribution is -2.46. The molecule has 0 aliphatic carbocycles. The van der Waals surface area contributed by atoms with Crippen LogP contribution in [0, 0.1) is 12.7 Å². The van der Waals surface area contributed by atoms with Crippen LogP contribution in [0.25, 0.3) is 0 Å². The molecule has 0 unspecified atom stereocenters. The second-order valence-corrected chi connectivity index (χ2v) is 9.69. The summed E-state index contributed by atoms with van der Waals surface area (Å²) in [5.74, 6) is 0.376. The smallest absolute Gasteiger partial charge is 0.238 e. The minimum atomic E-state index is -0.649. The third kappa shape index (κ3) is 6.68. The molecule has 3 aromatic rings. The molecule has 0 bridgehead atoms. The summed E-state index contributed by atoms with van der Waals surface area (Å²) < 4.78 is 24.1. The molecule has 2 amide bonds. The normalized spacial score (nSPS) is 16.5. The maximum atomic E-state index is 13.4. The number of amides is 2. The van der Waals surface area contributed by atoms with Gasteiger partial charge in [-0.1, -0.05) is 30.0 Å². The highest BCUT2D eigenvalue weighted by atomic mass is 32.2. The fourth-order valence-corrected chi connectivity index (χ4v) is 5.03. The maximum Gasteiger partial charge on any atom is 0.238 e. The Morgan fingerprint density at radius 2 is 1.84 bits per heavy atom. The van der Waals surface area contributed by atoms with Gasteiger partial charge in [0.25, 0.3) is 0 Å². The Labute approximate surface area is 219 Å². The third-order valence-corrected chi connectivity index (χ3v) is 7.03. The predicted octanol–water partition coefficient (Wildman–Crippen LogP) is 5.35. The zero-order valence-corrected chi connectivity index (χ0v) is 21.7. The van der Waals surface area contributed by atoms with Gasteiger partial charge < -0.3 is 14.8 Å². The van der Waals surface area contributed by atoms with Crippen molar-refractivity contribution in [3.8, 4) is 11.5 Å². The van der Waals surface area contributed by atoms with Crippen molar-refractivity contribution in [3.05, 3.63) is 83.7 Å². The van der Waals surface area contributed by atoms with Crippen molar-refractivity contribution in [2.24, 2.45) is 4.99 Å². The number of ether oxygens (including phenoxy) is 2. The van der Waals surface area contributed by atoms with Crippen molar-refractivity contribution in [2.75, 3.05) is 26.1 Å². The number of rotatable bonds is 8. The third-order valence-electron chi connectivity index (χ3n) is 5.84. The Morgan fingerprint density at radius 1 is 1.08 bits per heavy atom. The van der Waals surface area contributed by atoms with Gasteiger partial charge in [0.2, 0.25) is 11.8 Å². The first-order valence-electron chi connectivity index (χ1n) is 11.8. The quantitative estimate of drug-likeness (QED) is 0.432. The van der Waals surface area contributed by atoms with Crippen LogP contribution in [-0.2, 0) is 16.0 Å². The molecular weight excluding hydrogens is 493 g/mol. The van der Waals surface area contributed by atoms with Gasteiger partial charge in [0.05, 0.1) is 19.9 Å². The van der Waals surface area contributed by atoms with Crippen LogP contribution in [0.3, 0.4) is 0 Å². The van der Waals surface area contributed by atoms with Gasteiger partial charge in [-0.3, -0.25) is 14.5 Å². The van der Waals surface area contributed by atoms with E-state index in [1.54, 1.807) is 19.1 Å².